The van der Waals surface area contributed by atoms with Crippen molar-refractivity contribution in [3.8, 4) is 11.6 Å². The van der Waals surface area contributed by atoms with E-state index in [-0.39, 0.29) is 17.7 Å². The van der Waals surface area contributed by atoms with Gasteiger partial charge in [0, 0.05) is 11.9 Å². The highest BCUT2D eigenvalue weighted by Crippen LogP contribution is 2.29. The van der Waals surface area contributed by atoms with E-state index in [1.807, 2.05) is 79.1 Å². The van der Waals surface area contributed by atoms with E-state index in [0.29, 0.717) is 23.3 Å². The number of nitrogens with zero attached hydrogens (tertiary/aromatic N) is 3. The first kappa shape index (κ1) is 19.3. The van der Waals surface area contributed by atoms with Crippen molar-refractivity contribution in [3.63, 3.8) is 0 Å². The van der Waals surface area contributed by atoms with Gasteiger partial charge in [0.15, 0.2) is 10.9 Å². The maximum atomic E-state index is 12.4. The topological polar surface area (TPSA) is 73.0 Å². The van der Waals surface area contributed by atoms with Crippen LogP contribution in [0.3, 0.4) is 0 Å². The minimum absolute atomic E-state index is 0.0395. The van der Waals surface area contributed by atoms with Crippen LogP contribution >= 0.6 is 11.8 Å². The molecule has 0 aliphatic rings. The van der Waals surface area contributed by atoms with Crippen molar-refractivity contribution in [3.05, 3.63) is 66.2 Å². The van der Waals surface area contributed by atoms with Gasteiger partial charge in [-0.15, -0.1) is 10.2 Å². The zero-order valence-electron chi connectivity index (χ0n) is 16.3. The summed E-state index contributed by atoms with van der Waals surface area (Å²) >= 11 is 1.37. The van der Waals surface area contributed by atoms with E-state index in [1.54, 1.807) is 0 Å². The minimum atomic E-state index is -0.0422. The number of aromatic nitrogens is 3. The molecule has 1 atom stereocenters. The molecule has 2 heterocycles. The summed E-state index contributed by atoms with van der Waals surface area (Å²) < 4.78 is 7.89. The molecular weight excluding hydrogens is 384 g/mol. The second-order valence-corrected chi connectivity index (χ2v) is 7.63. The monoisotopic (exact) mass is 406 g/mol. The highest BCUT2D eigenvalue weighted by Gasteiger charge is 2.18. The Bertz CT molecular complexity index is 1090. The molecule has 0 unspecified atom stereocenters. The molecule has 0 aliphatic carbocycles. The molecule has 0 spiro atoms. The molecule has 148 valence electrons. The van der Waals surface area contributed by atoms with Crippen LogP contribution in [0.15, 0.2) is 70.2 Å². The summed E-state index contributed by atoms with van der Waals surface area (Å²) in [4.78, 5) is 12.4. The van der Waals surface area contributed by atoms with Crippen LogP contribution < -0.4 is 5.32 Å². The van der Waals surface area contributed by atoms with Crippen molar-refractivity contribution >= 4 is 28.6 Å². The van der Waals surface area contributed by atoms with Crippen molar-refractivity contribution in [2.24, 2.45) is 0 Å². The van der Waals surface area contributed by atoms with Gasteiger partial charge < -0.3 is 9.73 Å². The molecule has 4 rings (SSSR count). The Hall–Kier alpha value is -3.06. The molecule has 1 N–H and O–H groups in total. The van der Waals surface area contributed by atoms with Crippen molar-refractivity contribution in [1.29, 1.82) is 0 Å². The number of carbonyl (C=O) groups excluding carboxylic acids is 1. The van der Waals surface area contributed by atoms with Gasteiger partial charge in [0.2, 0.25) is 11.7 Å². The van der Waals surface area contributed by atoms with Crippen molar-refractivity contribution < 1.29 is 9.21 Å². The van der Waals surface area contributed by atoms with Crippen LogP contribution in [0.4, 0.5) is 0 Å². The molecule has 1 amide bonds. The molecule has 4 aromatic rings. The van der Waals surface area contributed by atoms with Gasteiger partial charge in [-0.3, -0.25) is 9.36 Å². The number of rotatable bonds is 7. The van der Waals surface area contributed by atoms with Gasteiger partial charge in [0.05, 0.1) is 11.8 Å². The van der Waals surface area contributed by atoms with Crippen LogP contribution in [0.2, 0.25) is 0 Å². The number of hydrogen-bond donors (Lipinski definition) is 1. The molecule has 29 heavy (non-hydrogen) atoms. The lowest BCUT2D eigenvalue weighted by molar-refractivity contribution is -0.119. The minimum Gasteiger partial charge on any atom is -0.453 e. The predicted molar refractivity (Wildman–Crippen MR) is 115 cm³/mol. The first-order valence-corrected chi connectivity index (χ1v) is 10.5. The number of amides is 1. The second-order valence-electron chi connectivity index (χ2n) is 6.69. The molecule has 0 saturated carbocycles. The maximum Gasteiger partial charge on any atom is 0.230 e. The van der Waals surface area contributed by atoms with Crippen LogP contribution in [0.5, 0.6) is 0 Å². The summed E-state index contributed by atoms with van der Waals surface area (Å²) in [7, 11) is 0. The van der Waals surface area contributed by atoms with E-state index in [4.69, 9.17) is 4.42 Å². The third-order valence-corrected chi connectivity index (χ3v) is 5.66. The van der Waals surface area contributed by atoms with Crippen LogP contribution in [-0.2, 0) is 11.3 Å². The molecule has 7 heteroatoms. The lowest BCUT2D eigenvalue weighted by Gasteiger charge is -2.14. The number of furan rings is 1. The van der Waals surface area contributed by atoms with E-state index in [0.717, 1.165) is 16.5 Å². The largest absolute Gasteiger partial charge is 0.453 e. The van der Waals surface area contributed by atoms with Gasteiger partial charge in [0.25, 0.3) is 0 Å². The first-order chi connectivity index (χ1) is 14.2. The molecule has 0 radical (unpaired) electrons. The zero-order valence-corrected chi connectivity index (χ0v) is 17.1. The van der Waals surface area contributed by atoms with Gasteiger partial charge in [-0.05, 0) is 31.5 Å². The smallest absolute Gasteiger partial charge is 0.230 e. The van der Waals surface area contributed by atoms with E-state index < -0.39 is 0 Å². The molecule has 0 bridgehead atoms. The fraction of sp³-hybridized carbons (Fsp3) is 0.227. The van der Waals surface area contributed by atoms with E-state index in [9.17, 15) is 4.79 Å². The Morgan fingerprint density at radius 2 is 1.90 bits per heavy atom. The number of nitrogens with one attached hydrogen (secondary N) is 1. The number of para-hydroxylation sites is 1. The van der Waals surface area contributed by atoms with Crippen LogP contribution in [-0.4, -0.2) is 26.4 Å². The van der Waals surface area contributed by atoms with E-state index in [2.05, 4.69) is 15.5 Å². The lowest BCUT2D eigenvalue weighted by atomic mass is 10.1. The SMILES string of the molecule is CCn1c(SCC(=O)N[C@@H](C)c2ccccc2)nnc1-c1cc2ccccc2o1. The normalized spacial score (nSPS) is 12.2. The highest BCUT2D eigenvalue weighted by molar-refractivity contribution is 7.99. The van der Waals surface area contributed by atoms with Gasteiger partial charge in [-0.1, -0.05) is 60.3 Å². The molecule has 0 aliphatic heterocycles. The summed E-state index contributed by atoms with van der Waals surface area (Å²) in [5.41, 5.74) is 1.89. The van der Waals surface area contributed by atoms with Gasteiger partial charge >= 0.3 is 0 Å². The van der Waals surface area contributed by atoms with Gasteiger partial charge in [0.1, 0.15) is 5.58 Å². The molecule has 6 nitrogen and oxygen atoms in total. The standard InChI is InChI=1S/C22H22N4O2S/c1-3-26-21(19-13-17-11-7-8-12-18(17)28-19)24-25-22(26)29-14-20(27)23-15(2)16-9-5-4-6-10-16/h4-13,15H,3,14H2,1-2H3,(H,23,27)/t15-/m0/s1. The maximum absolute atomic E-state index is 12.4. The Kier molecular flexibility index (Phi) is 5.67. The average Bonchev–Trinajstić information content (AvgIpc) is 3.36. The highest BCUT2D eigenvalue weighted by atomic mass is 32.2. The second kappa shape index (κ2) is 8.53. The molecule has 2 aromatic heterocycles. The third kappa shape index (κ3) is 4.19. The number of fused-ring (bicyclic) bond motifs is 1. The Morgan fingerprint density at radius 1 is 1.14 bits per heavy atom. The molecule has 2 aromatic carbocycles. The number of carbonyl (C=O) groups is 1. The van der Waals surface area contributed by atoms with Crippen molar-refractivity contribution in [2.45, 2.75) is 31.6 Å². The molecule has 0 saturated heterocycles. The van der Waals surface area contributed by atoms with Crippen LogP contribution in [0.25, 0.3) is 22.6 Å². The summed E-state index contributed by atoms with van der Waals surface area (Å²) in [5.74, 6) is 1.58. The van der Waals surface area contributed by atoms with Crippen LogP contribution in [0, 0.1) is 0 Å². The fourth-order valence-electron chi connectivity index (χ4n) is 3.19. The van der Waals surface area contributed by atoms with Crippen molar-refractivity contribution in [1.82, 2.24) is 20.1 Å². The summed E-state index contributed by atoms with van der Waals surface area (Å²) in [6.07, 6.45) is 0. The number of benzene rings is 2. The van der Waals surface area contributed by atoms with E-state index in [1.165, 1.54) is 11.8 Å². The predicted octanol–water partition coefficient (Wildman–Crippen LogP) is 4.68. The summed E-state index contributed by atoms with van der Waals surface area (Å²) in [6, 6.07) is 19.7. The van der Waals surface area contributed by atoms with Gasteiger partial charge in [-0.2, -0.15) is 0 Å². The Morgan fingerprint density at radius 3 is 2.66 bits per heavy atom. The quantitative estimate of drug-likeness (QED) is 0.451. The summed E-state index contributed by atoms with van der Waals surface area (Å²) in [5, 5.41) is 13.3. The Balaban J connectivity index is 1.45. The van der Waals surface area contributed by atoms with E-state index >= 15 is 0 Å². The average molecular weight is 407 g/mol. The lowest BCUT2D eigenvalue weighted by Crippen LogP contribution is -2.28. The Labute approximate surface area is 173 Å². The van der Waals surface area contributed by atoms with Gasteiger partial charge in [-0.25, -0.2) is 0 Å². The first-order valence-electron chi connectivity index (χ1n) is 9.55. The number of thioether (sulfide) groups is 1. The summed E-state index contributed by atoms with van der Waals surface area (Å²) in [6.45, 7) is 4.69. The van der Waals surface area contributed by atoms with Crippen molar-refractivity contribution in [2.75, 3.05) is 5.75 Å². The molecular formula is C22H22N4O2S. The number of hydrogen-bond acceptors (Lipinski definition) is 5. The molecule has 0 fully saturated rings. The fourth-order valence-corrected chi connectivity index (χ4v) is 4.01. The van der Waals surface area contributed by atoms with Crippen LogP contribution in [0.1, 0.15) is 25.5 Å². The third-order valence-electron chi connectivity index (χ3n) is 4.69. The zero-order chi connectivity index (χ0) is 20.2.